The molecule has 1 aromatic heterocycles. The first-order valence-corrected chi connectivity index (χ1v) is 8.28. The lowest BCUT2D eigenvalue weighted by Gasteiger charge is -2.12. The summed E-state index contributed by atoms with van der Waals surface area (Å²) >= 11 is 3.27. The first-order valence-electron chi connectivity index (χ1n) is 5.67. The van der Waals surface area contributed by atoms with Crippen LogP contribution in [0.15, 0.2) is 11.4 Å². The summed E-state index contributed by atoms with van der Waals surface area (Å²) in [5.74, 6) is 0.799. The number of aromatic nitrogens is 2. The number of hydrogen-bond donors (Lipinski definition) is 2. The van der Waals surface area contributed by atoms with E-state index in [0.29, 0.717) is 13.0 Å². The van der Waals surface area contributed by atoms with Crippen LogP contribution >= 0.6 is 48.3 Å². The molecule has 1 aromatic rings. The van der Waals surface area contributed by atoms with Crippen molar-refractivity contribution in [3.63, 3.8) is 0 Å². The molecule has 0 aliphatic heterocycles. The van der Waals surface area contributed by atoms with Gasteiger partial charge < -0.3 is 15.6 Å². The summed E-state index contributed by atoms with van der Waals surface area (Å²) in [6.07, 6.45) is 6.46. The number of halogens is 2. The Hall–Kier alpha value is -0.0800. The zero-order valence-electron chi connectivity index (χ0n) is 11.8. The zero-order valence-corrected chi connectivity index (χ0v) is 15.1. The Balaban J connectivity index is 0. The highest BCUT2D eigenvalue weighted by molar-refractivity contribution is 7.98. The largest absolute Gasteiger partial charge is 0.349 e. The number of nitrogens with two attached hydrogens (primary N) is 1. The number of thioether (sulfide) groups is 2. The van der Waals surface area contributed by atoms with Crippen molar-refractivity contribution in [1.82, 2.24) is 14.9 Å². The van der Waals surface area contributed by atoms with E-state index in [1.54, 1.807) is 29.7 Å². The smallest absolute Gasteiger partial charge is 0.237 e. The van der Waals surface area contributed by atoms with E-state index in [4.69, 9.17) is 5.73 Å². The van der Waals surface area contributed by atoms with E-state index in [0.717, 1.165) is 16.6 Å². The summed E-state index contributed by atoms with van der Waals surface area (Å²) in [6, 6.07) is -0.425. The van der Waals surface area contributed by atoms with Crippen LogP contribution in [-0.2, 0) is 18.4 Å². The molecule has 1 rings (SSSR count). The Morgan fingerprint density at radius 3 is 2.65 bits per heavy atom. The predicted octanol–water partition coefficient (Wildman–Crippen LogP) is 1.68. The number of nitrogens with one attached hydrogen (secondary N) is 1. The summed E-state index contributed by atoms with van der Waals surface area (Å²) in [7, 11) is 1.94. The zero-order chi connectivity index (χ0) is 13.5. The summed E-state index contributed by atoms with van der Waals surface area (Å²) < 4.78 is 1.97. The van der Waals surface area contributed by atoms with Gasteiger partial charge in [0.2, 0.25) is 5.91 Å². The standard InChI is InChI=1S/C11H20N4OS2.2ClH/c1-15-8(7-14-11(15)18-3)6-13-10(16)9(12)4-5-17-2;;/h7,9H,4-6,12H2,1-3H3,(H,13,16);2*1H/t9-;;/m0../s1. The number of hydrogen-bond acceptors (Lipinski definition) is 5. The van der Waals surface area contributed by atoms with Crippen molar-refractivity contribution in [2.75, 3.05) is 18.3 Å². The van der Waals surface area contributed by atoms with Crippen LogP contribution in [0.1, 0.15) is 12.1 Å². The number of nitrogens with zero attached hydrogens (tertiary/aromatic N) is 2. The van der Waals surface area contributed by atoms with Gasteiger partial charge in [0.15, 0.2) is 5.16 Å². The fourth-order valence-electron chi connectivity index (χ4n) is 1.46. The molecule has 0 unspecified atom stereocenters. The van der Waals surface area contributed by atoms with Crippen molar-refractivity contribution in [3.05, 3.63) is 11.9 Å². The van der Waals surface area contributed by atoms with E-state index in [9.17, 15) is 4.79 Å². The second-order valence-corrected chi connectivity index (χ2v) is 5.66. The van der Waals surface area contributed by atoms with E-state index in [-0.39, 0.29) is 30.7 Å². The molecule has 0 aromatic carbocycles. The molecule has 0 saturated carbocycles. The van der Waals surface area contributed by atoms with E-state index in [1.165, 1.54) is 0 Å². The quantitative estimate of drug-likeness (QED) is 0.723. The molecular weight excluding hydrogens is 339 g/mol. The Morgan fingerprint density at radius 2 is 2.15 bits per heavy atom. The number of amides is 1. The topological polar surface area (TPSA) is 72.9 Å². The molecular formula is C11H22Cl2N4OS2. The molecule has 0 spiro atoms. The lowest BCUT2D eigenvalue weighted by molar-refractivity contribution is -0.122. The molecule has 9 heteroatoms. The van der Waals surface area contributed by atoms with Crippen LogP contribution in [0.2, 0.25) is 0 Å². The fraction of sp³-hybridized carbons (Fsp3) is 0.636. The lowest BCUT2D eigenvalue weighted by atomic mass is 10.2. The van der Waals surface area contributed by atoms with Gasteiger partial charge in [-0.05, 0) is 24.7 Å². The molecule has 3 N–H and O–H groups in total. The van der Waals surface area contributed by atoms with Crippen LogP contribution in [0, 0.1) is 0 Å². The molecule has 118 valence electrons. The normalized spacial score (nSPS) is 11.2. The molecule has 0 saturated heterocycles. The Morgan fingerprint density at radius 1 is 1.50 bits per heavy atom. The summed E-state index contributed by atoms with van der Waals surface area (Å²) in [5, 5.41) is 3.78. The van der Waals surface area contributed by atoms with Crippen LogP contribution in [0.4, 0.5) is 0 Å². The maximum Gasteiger partial charge on any atom is 0.237 e. The number of imidazole rings is 1. The van der Waals surface area contributed by atoms with Crippen LogP contribution in [0.3, 0.4) is 0 Å². The van der Waals surface area contributed by atoms with Gasteiger partial charge in [0.25, 0.3) is 0 Å². The first-order chi connectivity index (χ1) is 8.60. The minimum atomic E-state index is -0.425. The van der Waals surface area contributed by atoms with Gasteiger partial charge in [-0.25, -0.2) is 4.98 Å². The highest BCUT2D eigenvalue weighted by atomic mass is 35.5. The number of rotatable bonds is 7. The summed E-state index contributed by atoms with van der Waals surface area (Å²) in [5.41, 5.74) is 6.76. The second kappa shape index (κ2) is 11.6. The molecule has 5 nitrogen and oxygen atoms in total. The minimum absolute atomic E-state index is 0. The van der Waals surface area contributed by atoms with Gasteiger partial charge in [0, 0.05) is 7.05 Å². The lowest BCUT2D eigenvalue weighted by Crippen LogP contribution is -2.40. The van der Waals surface area contributed by atoms with Crippen LogP contribution in [-0.4, -0.2) is 39.8 Å². The average Bonchev–Trinajstić information content (AvgIpc) is 2.73. The van der Waals surface area contributed by atoms with Gasteiger partial charge in [-0.2, -0.15) is 11.8 Å². The number of carbonyl (C=O) groups excluding carboxylic acids is 1. The van der Waals surface area contributed by atoms with Crippen LogP contribution in [0.25, 0.3) is 0 Å². The third kappa shape index (κ3) is 6.58. The van der Waals surface area contributed by atoms with E-state index >= 15 is 0 Å². The van der Waals surface area contributed by atoms with Crippen LogP contribution in [0.5, 0.6) is 0 Å². The monoisotopic (exact) mass is 360 g/mol. The Labute approximate surface area is 141 Å². The van der Waals surface area contributed by atoms with E-state index < -0.39 is 6.04 Å². The maximum atomic E-state index is 11.7. The Kier molecular flexibility index (Phi) is 12.8. The molecule has 0 bridgehead atoms. The van der Waals surface area contributed by atoms with Gasteiger partial charge in [0.1, 0.15) is 0 Å². The first kappa shape index (κ1) is 22.2. The average molecular weight is 361 g/mol. The van der Waals surface area contributed by atoms with E-state index in [1.807, 2.05) is 24.1 Å². The van der Waals surface area contributed by atoms with E-state index in [2.05, 4.69) is 10.3 Å². The minimum Gasteiger partial charge on any atom is -0.349 e. The summed E-state index contributed by atoms with van der Waals surface area (Å²) in [6.45, 7) is 0.468. The van der Waals surface area contributed by atoms with Gasteiger partial charge in [-0.15, -0.1) is 24.8 Å². The molecule has 20 heavy (non-hydrogen) atoms. The predicted molar refractivity (Wildman–Crippen MR) is 92.3 cm³/mol. The van der Waals surface area contributed by atoms with Gasteiger partial charge >= 0.3 is 0 Å². The number of carbonyl (C=O) groups is 1. The molecule has 1 amide bonds. The van der Waals surface area contributed by atoms with Crippen molar-refractivity contribution >= 4 is 54.2 Å². The van der Waals surface area contributed by atoms with Gasteiger partial charge in [0.05, 0.1) is 24.5 Å². The van der Waals surface area contributed by atoms with Crippen molar-refractivity contribution < 1.29 is 4.79 Å². The Bertz CT molecular complexity index is 404. The van der Waals surface area contributed by atoms with Gasteiger partial charge in [-0.1, -0.05) is 11.8 Å². The third-order valence-electron chi connectivity index (χ3n) is 2.64. The maximum absolute atomic E-state index is 11.7. The second-order valence-electron chi connectivity index (χ2n) is 3.90. The molecule has 1 heterocycles. The van der Waals surface area contributed by atoms with Crippen molar-refractivity contribution in [2.45, 2.75) is 24.2 Å². The SMILES string of the molecule is CSCC[C@H](N)C(=O)NCc1cnc(SC)n1C.Cl.Cl. The van der Waals surface area contributed by atoms with Crippen molar-refractivity contribution in [2.24, 2.45) is 12.8 Å². The highest BCUT2D eigenvalue weighted by Gasteiger charge is 2.13. The summed E-state index contributed by atoms with van der Waals surface area (Å²) in [4.78, 5) is 16.0. The van der Waals surface area contributed by atoms with Gasteiger partial charge in [-0.3, -0.25) is 4.79 Å². The highest BCUT2D eigenvalue weighted by Crippen LogP contribution is 2.13. The van der Waals surface area contributed by atoms with Crippen molar-refractivity contribution in [1.29, 1.82) is 0 Å². The van der Waals surface area contributed by atoms with Crippen molar-refractivity contribution in [3.8, 4) is 0 Å². The molecule has 0 radical (unpaired) electrons. The molecule has 1 atom stereocenters. The molecule has 0 aliphatic rings. The molecule has 0 aliphatic carbocycles. The molecule has 0 fully saturated rings. The fourth-order valence-corrected chi connectivity index (χ4v) is 2.50. The van der Waals surface area contributed by atoms with Crippen LogP contribution < -0.4 is 11.1 Å². The third-order valence-corrected chi connectivity index (χ3v) is 4.03.